The van der Waals surface area contributed by atoms with Crippen molar-refractivity contribution in [2.45, 2.75) is 32.0 Å². The largest absolute Gasteiger partial charge is 0.489 e. The summed E-state index contributed by atoms with van der Waals surface area (Å²) in [6, 6.07) is 2.79. The second-order valence-electron chi connectivity index (χ2n) is 6.36. The molecule has 4 rings (SSSR count). The van der Waals surface area contributed by atoms with E-state index < -0.39 is 10.9 Å². The highest BCUT2D eigenvalue weighted by Crippen LogP contribution is 2.45. The Balaban J connectivity index is 1.81. The van der Waals surface area contributed by atoms with E-state index in [9.17, 15) is 14.9 Å². The number of furan rings is 1. The summed E-state index contributed by atoms with van der Waals surface area (Å²) in [5.41, 5.74) is -0.486. The number of nitro groups is 1. The van der Waals surface area contributed by atoms with Crippen LogP contribution in [-0.2, 0) is 14.2 Å². The lowest BCUT2D eigenvalue weighted by Gasteiger charge is -2.24. The van der Waals surface area contributed by atoms with Gasteiger partial charge < -0.3 is 23.4 Å². The molecule has 27 heavy (non-hydrogen) atoms. The van der Waals surface area contributed by atoms with Gasteiger partial charge in [-0.2, -0.15) is 0 Å². The first kappa shape index (κ1) is 17.7. The molecule has 0 amide bonds. The van der Waals surface area contributed by atoms with E-state index in [-0.39, 0.29) is 35.6 Å². The van der Waals surface area contributed by atoms with Gasteiger partial charge in [0.15, 0.2) is 22.7 Å². The summed E-state index contributed by atoms with van der Waals surface area (Å²) in [7, 11) is 0. The van der Waals surface area contributed by atoms with Crippen molar-refractivity contribution in [1.82, 2.24) is 0 Å². The molecule has 0 N–H and O–H groups in total. The van der Waals surface area contributed by atoms with Crippen molar-refractivity contribution >= 4 is 22.6 Å². The molecule has 144 valence electrons. The molecule has 1 fully saturated rings. The summed E-state index contributed by atoms with van der Waals surface area (Å²) in [6.07, 6.45) is 0.988. The third-order valence-corrected chi connectivity index (χ3v) is 4.66. The molecule has 0 aliphatic carbocycles. The molecule has 0 saturated carbocycles. The SMILES string of the molecule is CCOC(=O)c1c([N+](=O)[O-])ccc2c3c(oc12)C(OC1CCOC1)CCO3. The number of carbonyl (C=O) groups is 1. The Morgan fingerprint density at radius 2 is 2.19 bits per heavy atom. The quantitative estimate of drug-likeness (QED) is 0.444. The lowest BCUT2D eigenvalue weighted by atomic mass is 10.1. The molecule has 0 bridgehead atoms. The van der Waals surface area contributed by atoms with E-state index in [1.54, 1.807) is 6.92 Å². The maximum Gasteiger partial charge on any atom is 0.349 e. The van der Waals surface area contributed by atoms with Gasteiger partial charge in [-0.05, 0) is 19.4 Å². The summed E-state index contributed by atoms with van der Waals surface area (Å²) in [5.74, 6) is 0.0948. The van der Waals surface area contributed by atoms with Crippen LogP contribution in [0, 0.1) is 10.1 Å². The number of carbonyl (C=O) groups excluding carboxylic acids is 1. The minimum absolute atomic E-state index is 0.0342. The van der Waals surface area contributed by atoms with Crippen molar-refractivity contribution in [3.8, 4) is 5.75 Å². The van der Waals surface area contributed by atoms with Crippen molar-refractivity contribution in [3.63, 3.8) is 0 Å². The topological polar surface area (TPSA) is 110 Å². The lowest BCUT2D eigenvalue weighted by molar-refractivity contribution is -0.385. The predicted molar refractivity (Wildman–Crippen MR) is 92.0 cm³/mol. The van der Waals surface area contributed by atoms with Gasteiger partial charge >= 0.3 is 5.97 Å². The highest BCUT2D eigenvalue weighted by atomic mass is 16.6. The van der Waals surface area contributed by atoms with Gasteiger partial charge in [0.05, 0.1) is 36.2 Å². The average molecular weight is 377 g/mol. The fourth-order valence-corrected chi connectivity index (χ4v) is 3.44. The van der Waals surface area contributed by atoms with Crippen molar-refractivity contribution in [2.75, 3.05) is 26.4 Å². The number of nitrogens with zero attached hydrogens (tertiary/aromatic N) is 1. The molecular weight excluding hydrogens is 358 g/mol. The molecular formula is C18H19NO8. The molecule has 9 heteroatoms. The number of hydrogen-bond donors (Lipinski definition) is 0. The third kappa shape index (κ3) is 3.13. The van der Waals surface area contributed by atoms with E-state index in [4.69, 9.17) is 23.4 Å². The molecule has 1 saturated heterocycles. The highest BCUT2D eigenvalue weighted by Gasteiger charge is 2.36. The van der Waals surface area contributed by atoms with Crippen LogP contribution < -0.4 is 4.74 Å². The Morgan fingerprint density at radius 1 is 1.33 bits per heavy atom. The Labute approximate surface area is 154 Å². The van der Waals surface area contributed by atoms with Gasteiger partial charge in [0.2, 0.25) is 0 Å². The lowest BCUT2D eigenvalue weighted by Crippen LogP contribution is -2.21. The van der Waals surface area contributed by atoms with Gasteiger partial charge in [0, 0.05) is 19.1 Å². The van der Waals surface area contributed by atoms with E-state index in [2.05, 4.69) is 0 Å². The van der Waals surface area contributed by atoms with Crippen molar-refractivity contribution in [1.29, 1.82) is 0 Å². The normalized spacial score (nSPS) is 21.7. The summed E-state index contributed by atoms with van der Waals surface area (Å²) in [4.78, 5) is 23.2. The van der Waals surface area contributed by atoms with Crippen LogP contribution in [0.2, 0.25) is 0 Å². The first-order valence-corrected chi connectivity index (χ1v) is 8.87. The smallest absolute Gasteiger partial charge is 0.349 e. The summed E-state index contributed by atoms with van der Waals surface area (Å²) in [5, 5.41) is 11.9. The number of nitro benzene ring substituents is 1. The van der Waals surface area contributed by atoms with Crippen molar-refractivity contribution in [2.24, 2.45) is 0 Å². The number of ether oxygens (including phenoxy) is 4. The minimum Gasteiger partial charge on any atom is -0.489 e. The summed E-state index contributed by atoms with van der Waals surface area (Å²) in [6.45, 7) is 3.32. The van der Waals surface area contributed by atoms with Crippen LogP contribution in [0.15, 0.2) is 16.5 Å². The molecule has 3 heterocycles. The van der Waals surface area contributed by atoms with E-state index in [1.807, 2.05) is 0 Å². The van der Waals surface area contributed by atoms with Crippen molar-refractivity contribution < 1.29 is 33.1 Å². The van der Waals surface area contributed by atoms with Gasteiger partial charge in [0.25, 0.3) is 5.69 Å². The van der Waals surface area contributed by atoms with E-state index in [1.165, 1.54) is 12.1 Å². The van der Waals surface area contributed by atoms with Crippen molar-refractivity contribution in [3.05, 3.63) is 33.6 Å². The average Bonchev–Trinajstić information content (AvgIpc) is 3.29. The maximum atomic E-state index is 12.4. The predicted octanol–water partition coefficient (Wildman–Crippen LogP) is 3.15. The van der Waals surface area contributed by atoms with Gasteiger partial charge in [-0.1, -0.05) is 0 Å². The highest BCUT2D eigenvalue weighted by molar-refractivity contribution is 6.07. The van der Waals surface area contributed by atoms with Gasteiger partial charge in [-0.15, -0.1) is 0 Å². The van der Waals surface area contributed by atoms with Crippen LogP contribution in [0.4, 0.5) is 5.69 Å². The number of fused-ring (bicyclic) bond motifs is 3. The molecule has 1 aromatic heterocycles. The number of benzene rings is 1. The second-order valence-corrected chi connectivity index (χ2v) is 6.36. The summed E-state index contributed by atoms with van der Waals surface area (Å²) < 4.78 is 28.1. The zero-order valence-corrected chi connectivity index (χ0v) is 14.8. The fourth-order valence-electron chi connectivity index (χ4n) is 3.44. The molecule has 2 atom stereocenters. The molecule has 0 radical (unpaired) electrons. The second kappa shape index (κ2) is 7.16. The van der Waals surface area contributed by atoms with Crippen LogP contribution >= 0.6 is 0 Å². The van der Waals surface area contributed by atoms with E-state index >= 15 is 0 Å². The number of rotatable bonds is 5. The number of hydrogen-bond acceptors (Lipinski definition) is 8. The fraction of sp³-hybridized carbons (Fsp3) is 0.500. The molecule has 2 aromatic rings. The minimum atomic E-state index is -0.803. The first-order valence-electron chi connectivity index (χ1n) is 8.87. The van der Waals surface area contributed by atoms with Crippen LogP contribution in [0.5, 0.6) is 5.75 Å². The Bertz CT molecular complexity index is 883. The van der Waals surface area contributed by atoms with Crippen LogP contribution in [0.25, 0.3) is 11.0 Å². The van der Waals surface area contributed by atoms with E-state index in [0.29, 0.717) is 43.1 Å². The number of esters is 1. The zero-order chi connectivity index (χ0) is 19.0. The standard InChI is InChI=1S/C18H19NO8/c1-2-24-18(20)14-12(19(21)22)4-3-11-15(14)27-17-13(6-8-25-16(11)17)26-10-5-7-23-9-10/h3-4,10,13H,2,5-9H2,1H3. The Kier molecular flexibility index (Phi) is 4.71. The molecule has 2 unspecified atom stereocenters. The van der Waals surface area contributed by atoms with Crippen LogP contribution in [-0.4, -0.2) is 43.4 Å². The molecule has 2 aliphatic rings. The molecule has 0 spiro atoms. The molecule has 9 nitrogen and oxygen atoms in total. The first-order chi connectivity index (χ1) is 13.1. The van der Waals surface area contributed by atoms with E-state index in [0.717, 1.165) is 6.42 Å². The van der Waals surface area contributed by atoms with Gasteiger partial charge in [-0.3, -0.25) is 10.1 Å². The zero-order valence-electron chi connectivity index (χ0n) is 14.8. The van der Waals surface area contributed by atoms with Crippen LogP contribution in [0.1, 0.15) is 42.0 Å². The van der Waals surface area contributed by atoms with Gasteiger partial charge in [-0.25, -0.2) is 4.79 Å². The maximum absolute atomic E-state index is 12.4. The molecule has 1 aromatic carbocycles. The Hall–Kier alpha value is -2.65. The monoisotopic (exact) mass is 377 g/mol. The summed E-state index contributed by atoms with van der Waals surface area (Å²) >= 11 is 0. The van der Waals surface area contributed by atoms with Crippen LogP contribution in [0.3, 0.4) is 0 Å². The third-order valence-electron chi connectivity index (χ3n) is 4.66. The van der Waals surface area contributed by atoms with Gasteiger partial charge in [0.1, 0.15) is 6.10 Å². The molecule has 2 aliphatic heterocycles. The Morgan fingerprint density at radius 3 is 2.89 bits per heavy atom.